The predicted molar refractivity (Wildman–Crippen MR) is 65.4 cm³/mol. The van der Waals surface area contributed by atoms with Gasteiger partial charge in [0.1, 0.15) is 11.9 Å². The second-order valence-electron chi connectivity index (χ2n) is 4.06. The van der Waals surface area contributed by atoms with E-state index in [0.717, 1.165) is 12.0 Å². The van der Waals surface area contributed by atoms with Gasteiger partial charge in [0.15, 0.2) is 5.78 Å². The largest absolute Gasteiger partial charge is 0.366 e. The lowest BCUT2D eigenvalue weighted by atomic mass is 10.0. The number of carbonyl (C=O) groups excluding carboxylic acids is 1. The summed E-state index contributed by atoms with van der Waals surface area (Å²) in [7, 11) is 0. The van der Waals surface area contributed by atoms with Crippen LogP contribution in [0.4, 0.5) is 4.39 Å². The highest BCUT2D eigenvalue weighted by Gasteiger charge is 2.20. The SMILES string of the molecule is CCCC(=O)C(OCC)c1ccc(F)c(C)c1. The minimum absolute atomic E-state index is 0.0559. The lowest BCUT2D eigenvalue weighted by Crippen LogP contribution is -2.16. The normalized spacial score (nSPS) is 12.5. The van der Waals surface area contributed by atoms with Crippen LogP contribution in [0, 0.1) is 12.7 Å². The van der Waals surface area contributed by atoms with Crippen molar-refractivity contribution in [2.24, 2.45) is 0 Å². The second kappa shape index (κ2) is 6.50. The van der Waals surface area contributed by atoms with E-state index in [-0.39, 0.29) is 11.6 Å². The third-order valence-corrected chi connectivity index (χ3v) is 2.61. The summed E-state index contributed by atoms with van der Waals surface area (Å²) in [6.07, 6.45) is 0.725. The van der Waals surface area contributed by atoms with Gasteiger partial charge in [-0.3, -0.25) is 4.79 Å². The monoisotopic (exact) mass is 238 g/mol. The number of benzene rings is 1. The number of ketones is 1. The Balaban J connectivity index is 2.96. The Morgan fingerprint density at radius 2 is 2.12 bits per heavy atom. The van der Waals surface area contributed by atoms with Gasteiger partial charge in [0.05, 0.1) is 0 Å². The van der Waals surface area contributed by atoms with Crippen LogP contribution in [0.25, 0.3) is 0 Å². The third-order valence-electron chi connectivity index (χ3n) is 2.61. The summed E-state index contributed by atoms with van der Waals surface area (Å²) < 4.78 is 18.6. The Hall–Kier alpha value is -1.22. The maximum atomic E-state index is 13.2. The van der Waals surface area contributed by atoms with Gasteiger partial charge in [-0.2, -0.15) is 0 Å². The number of hydrogen-bond acceptors (Lipinski definition) is 2. The lowest BCUT2D eigenvalue weighted by Gasteiger charge is -2.16. The molecule has 0 saturated heterocycles. The van der Waals surface area contributed by atoms with Crippen molar-refractivity contribution < 1.29 is 13.9 Å². The van der Waals surface area contributed by atoms with Crippen molar-refractivity contribution in [3.63, 3.8) is 0 Å². The number of halogens is 1. The molecule has 17 heavy (non-hydrogen) atoms. The summed E-state index contributed by atoms with van der Waals surface area (Å²) in [4.78, 5) is 11.9. The molecule has 0 aliphatic carbocycles. The van der Waals surface area contributed by atoms with Gasteiger partial charge in [-0.25, -0.2) is 4.39 Å². The van der Waals surface area contributed by atoms with Crippen LogP contribution in [0.3, 0.4) is 0 Å². The maximum Gasteiger partial charge on any atom is 0.166 e. The van der Waals surface area contributed by atoms with Crippen molar-refractivity contribution in [1.82, 2.24) is 0 Å². The summed E-state index contributed by atoms with van der Waals surface area (Å²) >= 11 is 0. The molecule has 0 heterocycles. The molecule has 0 fully saturated rings. The summed E-state index contributed by atoms with van der Waals surface area (Å²) in [5, 5.41) is 0. The molecule has 0 amide bonds. The molecule has 1 unspecified atom stereocenters. The Bertz CT molecular complexity index is 388. The molecule has 0 aromatic heterocycles. The van der Waals surface area contributed by atoms with E-state index < -0.39 is 6.10 Å². The third kappa shape index (κ3) is 3.63. The zero-order valence-corrected chi connectivity index (χ0v) is 10.6. The predicted octanol–water partition coefficient (Wildman–Crippen LogP) is 3.58. The fraction of sp³-hybridized carbons (Fsp3) is 0.500. The van der Waals surface area contributed by atoms with Crippen molar-refractivity contribution in [1.29, 1.82) is 0 Å². The number of aryl methyl sites for hydroxylation is 1. The quantitative estimate of drug-likeness (QED) is 0.757. The summed E-state index contributed by atoms with van der Waals surface area (Å²) in [5.74, 6) is -0.202. The topological polar surface area (TPSA) is 26.3 Å². The molecule has 0 saturated carbocycles. The molecule has 1 aromatic rings. The first-order valence-electron chi connectivity index (χ1n) is 6.00. The summed E-state index contributed by atoms with van der Waals surface area (Å²) in [6.45, 7) is 5.96. The zero-order chi connectivity index (χ0) is 12.8. The average molecular weight is 238 g/mol. The van der Waals surface area contributed by atoms with Crippen LogP contribution in [-0.4, -0.2) is 12.4 Å². The van der Waals surface area contributed by atoms with Crippen molar-refractivity contribution in [3.8, 4) is 0 Å². The van der Waals surface area contributed by atoms with E-state index in [4.69, 9.17) is 4.74 Å². The Morgan fingerprint density at radius 1 is 1.41 bits per heavy atom. The smallest absolute Gasteiger partial charge is 0.166 e. The minimum atomic E-state index is -0.556. The van der Waals surface area contributed by atoms with Gasteiger partial charge < -0.3 is 4.74 Å². The van der Waals surface area contributed by atoms with E-state index in [0.29, 0.717) is 18.6 Å². The number of ether oxygens (including phenoxy) is 1. The number of rotatable bonds is 6. The number of hydrogen-bond donors (Lipinski definition) is 0. The highest BCUT2D eigenvalue weighted by Crippen LogP contribution is 2.22. The fourth-order valence-corrected chi connectivity index (χ4v) is 1.75. The summed E-state index contributed by atoms with van der Waals surface area (Å²) in [6, 6.07) is 4.69. The van der Waals surface area contributed by atoms with Crippen LogP contribution >= 0.6 is 0 Å². The van der Waals surface area contributed by atoms with E-state index in [2.05, 4.69) is 0 Å². The minimum Gasteiger partial charge on any atom is -0.366 e. The van der Waals surface area contributed by atoms with Gasteiger partial charge in [-0.1, -0.05) is 19.1 Å². The zero-order valence-electron chi connectivity index (χ0n) is 10.6. The first kappa shape index (κ1) is 13.8. The van der Waals surface area contributed by atoms with E-state index in [1.807, 2.05) is 13.8 Å². The van der Waals surface area contributed by atoms with E-state index in [1.54, 1.807) is 19.1 Å². The van der Waals surface area contributed by atoms with Crippen molar-refractivity contribution in [3.05, 3.63) is 35.1 Å². The van der Waals surface area contributed by atoms with Crippen LogP contribution in [-0.2, 0) is 9.53 Å². The van der Waals surface area contributed by atoms with E-state index >= 15 is 0 Å². The van der Waals surface area contributed by atoms with Gasteiger partial charge in [0, 0.05) is 13.0 Å². The summed E-state index contributed by atoms with van der Waals surface area (Å²) in [5.41, 5.74) is 1.28. The highest BCUT2D eigenvalue weighted by atomic mass is 19.1. The number of carbonyl (C=O) groups is 1. The molecule has 0 bridgehead atoms. The molecule has 94 valence electrons. The molecule has 0 N–H and O–H groups in total. The molecule has 2 nitrogen and oxygen atoms in total. The Kier molecular flexibility index (Phi) is 5.29. The molecule has 1 rings (SSSR count). The van der Waals surface area contributed by atoms with Crippen LogP contribution in [0.1, 0.15) is 43.9 Å². The Labute approximate surface area is 102 Å². The average Bonchev–Trinajstić information content (AvgIpc) is 2.30. The molecule has 1 atom stereocenters. The molecular formula is C14H19FO2. The first-order valence-corrected chi connectivity index (χ1v) is 6.00. The van der Waals surface area contributed by atoms with E-state index in [9.17, 15) is 9.18 Å². The van der Waals surface area contributed by atoms with Crippen LogP contribution in [0.5, 0.6) is 0 Å². The number of Topliss-reactive ketones (excluding diaryl/α,β-unsaturated/α-hetero) is 1. The van der Waals surface area contributed by atoms with Crippen LogP contribution in [0.15, 0.2) is 18.2 Å². The standard InChI is InChI=1S/C14H19FO2/c1-4-6-13(16)14(17-5-2)11-7-8-12(15)10(3)9-11/h7-9,14H,4-6H2,1-3H3. The maximum absolute atomic E-state index is 13.2. The van der Waals surface area contributed by atoms with Crippen molar-refractivity contribution >= 4 is 5.78 Å². The first-order chi connectivity index (χ1) is 8.10. The van der Waals surface area contributed by atoms with Gasteiger partial charge in [-0.05, 0) is 37.5 Å². The fourth-order valence-electron chi connectivity index (χ4n) is 1.75. The van der Waals surface area contributed by atoms with Gasteiger partial charge in [-0.15, -0.1) is 0 Å². The van der Waals surface area contributed by atoms with Gasteiger partial charge >= 0.3 is 0 Å². The lowest BCUT2D eigenvalue weighted by molar-refractivity contribution is -0.130. The van der Waals surface area contributed by atoms with Gasteiger partial charge in [0.2, 0.25) is 0 Å². The molecule has 0 radical (unpaired) electrons. The Morgan fingerprint density at radius 3 is 2.65 bits per heavy atom. The second-order valence-corrected chi connectivity index (χ2v) is 4.06. The molecule has 0 spiro atoms. The highest BCUT2D eigenvalue weighted by molar-refractivity contribution is 5.84. The van der Waals surface area contributed by atoms with Crippen LogP contribution < -0.4 is 0 Å². The van der Waals surface area contributed by atoms with Crippen molar-refractivity contribution in [2.45, 2.75) is 39.7 Å². The molecule has 0 aliphatic heterocycles. The van der Waals surface area contributed by atoms with Gasteiger partial charge in [0.25, 0.3) is 0 Å². The van der Waals surface area contributed by atoms with Crippen molar-refractivity contribution in [2.75, 3.05) is 6.61 Å². The van der Waals surface area contributed by atoms with Crippen LogP contribution in [0.2, 0.25) is 0 Å². The molecule has 0 aliphatic rings. The van der Waals surface area contributed by atoms with E-state index in [1.165, 1.54) is 6.07 Å². The molecule has 1 aromatic carbocycles. The molecule has 3 heteroatoms. The molecular weight excluding hydrogens is 219 g/mol.